The molecule has 1 aromatic heterocycles. The number of aliphatic hydroxyl groups is 1. The van der Waals surface area contributed by atoms with Gasteiger partial charge in [-0.05, 0) is 55.5 Å². The number of aryl methyl sites for hydroxylation is 1. The minimum Gasteiger partial charge on any atom is -0.394 e. The Bertz CT molecular complexity index is 1370. The fourth-order valence-corrected chi connectivity index (χ4v) is 5.36. The van der Waals surface area contributed by atoms with E-state index in [4.69, 9.17) is 16.3 Å². The van der Waals surface area contributed by atoms with Crippen LogP contribution in [0.3, 0.4) is 0 Å². The van der Waals surface area contributed by atoms with Gasteiger partial charge in [0, 0.05) is 43.1 Å². The van der Waals surface area contributed by atoms with E-state index >= 15 is 0 Å². The van der Waals surface area contributed by atoms with Crippen molar-refractivity contribution in [3.63, 3.8) is 0 Å². The fraction of sp³-hybridized carbons (Fsp3) is 0.367. The van der Waals surface area contributed by atoms with E-state index in [1.807, 2.05) is 55.5 Å². The van der Waals surface area contributed by atoms with Crippen molar-refractivity contribution in [2.24, 2.45) is 0 Å². The van der Waals surface area contributed by atoms with E-state index in [1.165, 1.54) is 0 Å². The highest BCUT2D eigenvalue weighted by Gasteiger charge is 2.35. The lowest BCUT2D eigenvalue weighted by atomic mass is 10.0. The molecule has 2 aliphatic rings. The Labute approximate surface area is 233 Å². The van der Waals surface area contributed by atoms with Gasteiger partial charge in [0.15, 0.2) is 0 Å². The third-order valence-electron chi connectivity index (χ3n) is 7.47. The molecule has 2 unspecified atom stereocenters. The van der Waals surface area contributed by atoms with E-state index in [2.05, 4.69) is 15.6 Å². The van der Waals surface area contributed by atoms with E-state index in [1.54, 1.807) is 18.0 Å². The summed E-state index contributed by atoms with van der Waals surface area (Å²) in [6, 6.07) is 14.3. The molecule has 0 radical (unpaired) electrons. The monoisotopic (exact) mass is 548 g/mol. The average Bonchev–Trinajstić information content (AvgIpc) is 3.28. The van der Waals surface area contributed by atoms with E-state index in [0.29, 0.717) is 23.2 Å². The Hall–Kier alpha value is -3.46. The summed E-state index contributed by atoms with van der Waals surface area (Å²) in [6.07, 6.45) is 3.45. The van der Waals surface area contributed by atoms with Crippen LogP contribution in [0.1, 0.15) is 52.9 Å². The van der Waals surface area contributed by atoms with Gasteiger partial charge in [-0.25, -0.2) is 4.98 Å². The molecule has 3 aromatic rings. The van der Waals surface area contributed by atoms with Crippen molar-refractivity contribution in [1.29, 1.82) is 0 Å². The second-order valence-electron chi connectivity index (χ2n) is 10.2. The van der Waals surface area contributed by atoms with Gasteiger partial charge in [0.2, 0.25) is 5.91 Å². The highest BCUT2D eigenvalue weighted by atomic mass is 35.5. The van der Waals surface area contributed by atoms with Crippen molar-refractivity contribution >= 4 is 29.2 Å². The first-order chi connectivity index (χ1) is 18.8. The zero-order valence-corrected chi connectivity index (χ0v) is 22.9. The molecule has 0 bridgehead atoms. The van der Waals surface area contributed by atoms with Crippen molar-refractivity contribution in [3.8, 4) is 11.1 Å². The number of hydrogen-bond donors (Lipinski definition) is 3. The molecule has 1 fully saturated rings. The largest absolute Gasteiger partial charge is 0.394 e. The Morgan fingerprint density at radius 1 is 1.18 bits per heavy atom. The van der Waals surface area contributed by atoms with Crippen molar-refractivity contribution in [2.75, 3.05) is 25.1 Å². The third-order valence-corrected chi connectivity index (χ3v) is 7.77. The number of anilines is 1. The molecule has 3 N–H and O–H groups in total. The fourth-order valence-electron chi connectivity index (χ4n) is 5.15. The predicted molar refractivity (Wildman–Crippen MR) is 151 cm³/mol. The minimum atomic E-state index is -0.716. The lowest BCUT2D eigenvalue weighted by Crippen LogP contribution is -2.46. The summed E-state index contributed by atoms with van der Waals surface area (Å²) in [5.74, 6) is 0.196. The smallest absolute Gasteiger partial charge is 0.255 e. The first-order valence-electron chi connectivity index (χ1n) is 13.3. The van der Waals surface area contributed by atoms with Crippen molar-refractivity contribution in [1.82, 2.24) is 15.2 Å². The van der Waals surface area contributed by atoms with Crippen LogP contribution in [-0.4, -0.2) is 58.7 Å². The standard InChI is InChI=1S/C30H33ClN4O4/c1-18-4-3-5-21(12-18)27(17-36)34-29(37)19(2)35-16-22-7-6-20(13-25(22)30(35)38)24-14-28(32-15-26(24)31)33-23-8-10-39-11-9-23/h3-7,12-15,19,23,27,36H,8-11,16-17H2,1-2H3,(H,32,33)(H,34,37). The number of pyridine rings is 1. The molecular weight excluding hydrogens is 516 g/mol. The molecule has 0 aliphatic carbocycles. The number of carbonyl (C=O) groups is 2. The lowest BCUT2D eigenvalue weighted by Gasteiger charge is -2.26. The lowest BCUT2D eigenvalue weighted by molar-refractivity contribution is -0.126. The molecule has 8 nitrogen and oxygen atoms in total. The van der Waals surface area contributed by atoms with Gasteiger partial charge in [-0.2, -0.15) is 0 Å². The number of halogens is 1. The molecule has 2 aromatic carbocycles. The van der Waals surface area contributed by atoms with E-state index in [-0.39, 0.29) is 18.4 Å². The van der Waals surface area contributed by atoms with Crippen LogP contribution in [0.2, 0.25) is 5.02 Å². The Kier molecular flexibility index (Phi) is 8.16. The summed E-state index contributed by atoms with van der Waals surface area (Å²) in [4.78, 5) is 32.6. The van der Waals surface area contributed by atoms with E-state index in [0.717, 1.165) is 59.7 Å². The van der Waals surface area contributed by atoms with Gasteiger partial charge < -0.3 is 25.4 Å². The number of aliphatic hydroxyl groups excluding tert-OH is 1. The number of nitrogens with one attached hydrogen (secondary N) is 2. The number of rotatable bonds is 8. The van der Waals surface area contributed by atoms with Crippen molar-refractivity contribution < 1.29 is 19.4 Å². The normalized spacial score (nSPS) is 17.0. The average molecular weight is 549 g/mol. The van der Waals surface area contributed by atoms with Crippen LogP contribution in [0.15, 0.2) is 54.7 Å². The summed E-state index contributed by atoms with van der Waals surface area (Å²) in [6.45, 7) is 5.21. The van der Waals surface area contributed by atoms with Gasteiger partial charge >= 0.3 is 0 Å². The molecule has 5 rings (SSSR count). The van der Waals surface area contributed by atoms with Crippen LogP contribution < -0.4 is 10.6 Å². The summed E-state index contributed by atoms with van der Waals surface area (Å²) in [7, 11) is 0. The number of hydrogen-bond acceptors (Lipinski definition) is 6. The van der Waals surface area contributed by atoms with Crippen LogP contribution in [0.4, 0.5) is 5.82 Å². The molecule has 9 heteroatoms. The first kappa shape index (κ1) is 27.1. The van der Waals surface area contributed by atoms with Crippen LogP contribution >= 0.6 is 11.6 Å². The molecule has 204 valence electrons. The third kappa shape index (κ3) is 5.93. The summed E-state index contributed by atoms with van der Waals surface area (Å²) in [5.41, 5.74) is 4.85. The number of nitrogens with zero attached hydrogens (tertiary/aromatic N) is 2. The van der Waals surface area contributed by atoms with Gasteiger partial charge in [-0.3, -0.25) is 9.59 Å². The zero-order valence-electron chi connectivity index (χ0n) is 22.1. The number of ether oxygens (including phenoxy) is 1. The molecule has 2 amide bonds. The number of amides is 2. The highest BCUT2D eigenvalue weighted by Crippen LogP contribution is 2.34. The van der Waals surface area contributed by atoms with Crippen LogP contribution in [0.25, 0.3) is 11.1 Å². The number of aromatic nitrogens is 1. The molecule has 0 spiro atoms. The Morgan fingerprint density at radius 2 is 1.97 bits per heavy atom. The van der Waals surface area contributed by atoms with Crippen molar-refractivity contribution in [2.45, 2.75) is 51.4 Å². The molecule has 2 atom stereocenters. The summed E-state index contributed by atoms with van der Waals surface area (Å²) >= 11 is 6.52. The summed E-state index contributed by atoms with van der Waals surface area (Å²) < 4.78 is 5.44. The van der Waals surface area contributed by atoms with Crippen LogP contribution in [0.5, 0.6) is 0 Å². The number of fused-ring (bicyclic) bond motifs is 1. The quantitative estimate of drug-likeness (QED) is 0.383. The van der Waals surface area contributed by atoms with Gasteiger partial charge in [0.05, 0.1) is 17.7 Å². The van der Waals surface area contributed by atoms with E-state index < -0.39 is 12.1 Å². The molecule has 1 saturated heterocycles. The minimum absolute atomic E-state index is 0.212. The van der Waals surface area contributed by atoms with Crippen LogP contribution in [-0.2, 0) is 16.1 Å². The molecule has 2 aliphatic heterocycles. The topological polar surface area (TPSA) is 104 Å². The maximum atomic E-state index is 13.4. The van der Waals surface area contributed by atoms with Crippen molar-refractivity contribution in [3.05, 3.63) is 82.0 Å². The van der Waals surface area contributed by atoms with Gasteiger partial charge in [-0.15, -0.1) is 0 Å². The van der Waals surface area contributed by atoms with Crippen LogP contribution in [0, 0.1) is 6.92 Å². The van der Waals surface area contributed by atoms with Gasteiger partial charge in [-0.1, -0.05) is 53.6 Å². The second kappa shape index (κ2) is 11.7. The predicted octanol–water partition coefficient (Wildman–Crippen LogP) is 4.50. The first-order valence-corrected chi connectivity index (χ1v) is 13.6. The maximum absolute atomic E-state index is 13.4. The zero-order chi connectivity index (χ0) is 27.5. The number of carbonyl (C=O) groups excluding carboxylic acids is 2. The highest BCUT2D eigenvalue weighted by molar-refractivity contribution is 6.33. The van der Waals surface area contributed by atoms with Gasteiger partial charge in [0.25, 0.3) is 5.91 Å². The Balaban J connectivity index is 1.31. The van der Waals surface area contributed by atoms with Gasteiger partial charge in [0.1, 0.15) is 11.9 Å². The molecular formula is C30H33ClN4O4. The Morgan fingerprint density at radius 3 is 2.72 bits per heavy atom. The number of benzene rings is 2. The molecule has 0 saturated carbocycles. The maximum Gasteiger partial charge on any atom is 0.255 e. The summed E-state index contributed by atoms with van der Waals surface area (Å²) in [5, 5.41) is 16.8. The molecule has 3 heterocycles. The SMILES string of the molecule is Cc1cccc(C(CO)NC(=O)C(C)N2Cc3ccc(-c4cc(NC5CCOCC5)ncc4Cl)cc3C2=O)c1. The second-order valence-corrected chi connectivity index (χ2v) is 10.6. The van der Waals surface area contributed by atoms with E-state index in [9.17, 15) is 14.7 Å². The molecule has 39 heavy (non-hydrogen) atoms.